The normalized spacial score (nSPS) is 19.5. The van der Waals surface area contributed by atoms with Gasteiger partial charge in [-0.1, -0.05) is 20.8 Å². The van der Waals surface area contributed by atoms with E-state index in [9.17, 15) is 4.79 Å². The van der Waals surface area contributed by atoms with Crippen molar-refractivity contribution in [1.29, 1.82) is 0 Å². The van der Waals surface area contributed by atoms with E-state index in [1.807, 2.05) is 37.5 Å². The molecular formula is C12H26N2O. The molecule has 1 aliphatic rings. The van der Waals surface area contributed by atoms with Crippen LogP contribution in [0.5, 0.6) is 0 Å². The second kappa shape index (κ2) is 7.55. The lowest BCUT2D eigenvalue weighted by molar-refractivity contribution is 0.166. The van der Waals surface area contributed by atoms with Gasteiger partial charge in [0.05, 0.1) is 0 Å². The Kier molecular flexibility index (Phi) is 7.18. The molecule has 0 bridgehead atoms. The zero-order chi connectivity index (χ0) is 11.8. The fourth-order valence-corrected chi connectivity index (χ4v) is 1.80. The number of hydrogen-bond donors (Lipinski definition) is 0. The number of rotatable bonds is 2. The van der Waals surface area contributed by atoms with Crippen LogP contribution < -0.4 is 0 Å². The van der Waals surface area contributed by atoms with E-state index in [-0.39, 0.29) is 6.03 Å². The van der Waals surface area contributed by atoms with Crippen molar-refractivity contribution < 1.29 is 4.79 Å². The molecule has 3 heteroatoms. The third-order valence-electron chi connectivity index (χ3n) is 2.73. The van der Waals surface area contributed by atoms with Crippen LogP contribution in [0.15, 0.2) is 0 Å². The Hall–Kier alpha value is -0.730. The minimum Gasteiger partial charge on any atom is -0.325 e. The summed E-state index contributed by atoms with van der Waals surface area (Å²) in [6.45, 7) is 13.8. The summed E-state index contributed by atoms with van der Waals surface area (Å²) in [5.41, 5.74) is 0. The van der Waals surface area contributed by atoms with Crippen molar-refractivity contribution in [2.45, 2.75) is 41.0 Å². The Bertz CT molecular complexity index is 178. The number of likely N-dealkylation sites (tertiary alicyclic amines) is 1. The van der Waals surface area contributed by atoms with E-state index < -0.39 is 0 Å². The van der Waals surface area contributed by atoms with E-state index in [2.05, 4.69) is 6.92 Å². The highest BCUT2D eigenvalue weighted by atomic mass is 16.2. The van der Waals surface area contributed by atoms with E-state index in [0.29, 0.717) is 5.92 Å². The number of nitrogens with zero attached hydrogens (tertiary/aromatic N) is 2. The minimum atomic E-state index is 0.217. The molecule has 1 aliphatic heterocycles. The quantitative estimate of drug-likeness (QED) is 0.693. The van der Waals surface area contributed by atoms with Gasteiger partial charge in [0.15, 0.2) is 0 Å². The molecule has 0 spiro atoms. The second-order valence-corrected chi connectivity index (χ2v) is 3.79. The standard InChI is InChI=1S/C10H20N2O.C2H6/c1-4-11(5-2)10(13)12-7-6-9(3)8-12;1-2/h9H,4-8H2,1-3H3;1-2H3. The van der Waals surface area contributed by atoms with Gasteiger partial charge in [-0.2, -0.15) is 0 Å². The Morgan fingerprint density at radius 2 is 1.87 bits per heavy atom. The maximum Gasteiger partial charge on any atom is 0.319 e. The van der Waals surface area contributed by atoms with Gasteiger partial charge in [-0.3, -0.25) is 0 Å². The molecule has 1 unspecified atom stereocenters. The third kappa shape index (κ3) is 4.10. The van der Waals surface area contributed by atoms with Crippen LogP contribution in [-0.4, -0.2) is 42.0 Å². The van der Waals surface area contributed by atoms with Crippen molar-refractivity contribution in [3.05, 3.63) is 0 Å². The van der Waals surface area contributed by atoms with Crippen LogP contribution in [0, 0.1) is 5.92 Å². The van der Waals surface area contributed by atoms with Gasteiger partial charge in [0.2, 0.25) is 0 Å². The Labute approximate surface area is 94.4 Å². The first-order chi connectivity index (χ1) is 7.19. The minimum absolute atomic E-state index is 0.217. The number of carbonyl (C=O) groups is 1. The predicted molar refractivity (Wildman–Crippen MR) is 65.0 cm³/mol. The van der Waals surface area contributed by atoms with Gasteiger partial charge in [0, 0.05) is 26.2 Å². The average molecular weight is 214 g/mol. The summed E-state index contributed by atoms with van der Waals surface area (Å²) in [7, 11) is 0. The number of hydrogen-bond acceptors (Lipinski definition) is 1. The number of urea groups is 1. The van der Waals surface area contributed by atoms with Crippen LogP contribution in [0.3, 0.4) is 0 Å². The molecule has 0 saturated carbocycles. The summed E-state index contributed by atoms with van der Waals surface area (Å²) in [4.78, 5) is 15.7. The van der Waals surface area contributed by atoms with E-state index in [1.54, 1.807) is 0 Å². The van der Waals surface area contributed by atoms with E-state index in [4.69, 9.17) is 0 Å². The van der Waals surface area contributed by atoms with Gasteiger partial charge in [0.1, 0.15) is 0 Å². The van der Waals surface area contributed by atoms with Crippen LogP contribution >= 0.6 is 0 Å². The van der Waals surface area contributed by atoms with Crippen molar-refractivity contribution in [3.63, 3.8) is 0 Å². The van der Waals surface area contributed by atoms with Gasteiger partial charge in [-0.15, -0.1) is 0 Å². The van der Waals surface area contributed by atoms with Crippen LogP contribution in [0.1, 0.15) is 41.0 Å². The molecule has 0 radical (unpaired) electrons. The van der Waals surface area contributed by atoms with Gasteiger partial charge in [0.25, 0.3) is 0 Å². The molecule has 90 valence electrons. The summed E-state index contributed by atoms with van der Waals surface area (Å²) in [5, 5.41) is 0. The first-order valence-corrected chi connectivity index (χ1v) is 6.22. The monoisotopic (exact) mass is 214 g/mol. The van der Waals surface area contributed by atoms with Crippen molar-refractivity contribution in [1.82, 2.24) is 9.80 Å². The summed E-state index contributed by atoms with van der Waals surface area (Å²) in [6.07, 6.45) is 1.16. The van der Waals surface area contributed by atoms with Crippen molar-refractivity contribution >= 4 is 6.03 Å². The van der Waals surface area contributed by atoms with Crippen molar-refractivity contribution in [3.8, 4) is 0 Å². The van der Waals surface area contributed by atoms with Gasteiger partial charge >= 0.3 is 6.03 Å². The molecule has 0 N–H and O–H groups in total. The lowest BCUT2D eigenvalue weighted by Crippen LogP contribution is -2.41. The molecule has 1 fully saturated rings. The zero-order valence-corrected chi connectivity index (χ0v) is 10.9. The Balaban J connectivity index is 0.000000921. The molecule has 1 saturated heterocycles. The largest absolute Gasteiger partial charge is 0.325 e. The highest BCUT2D eigenvalue weighted by Crippen LogP contribution is 2.16. The van der Waals surface area contributed by atoms with E-state index in [0.717, 1.165) is 32.6 Å². The maximum absolute atomic E-state index is 11.8. The molecule has 0 aromatic rings. The van der Waals surface area contributed by atoms with E-state index in [1.165, 1.54) is 0 Å². The first kappa shape index (κ1) is 14.3. The van der Waals surface area contributed by atoms with Crippen molar-refractivity contribution in [2.24, 2.45) is 5.92 Å². The molecule has 2 amide bonds. The van der Waals surface area contributed by atoms with Crippen LogP contribution in [0.25, 0.3) is 0 Å². The van der Waals surface area contributed by atoms with Crippen LogP contribution in [0.4, 0.5) is 4.79 Å². The Morgan fingerprint density at radius 3 is 2.20 bits per heavy atom. The van der Waals surface area contributed by atoms with E-state index >= 15 is 0 Å². The lowest BCUT2D eigenvalue weighted by atomic mass is 10.2. The van der Waals surface area contributed by atoms with Gasteiger partial charge in [-0.25, -0.2) is 4.79 Å². The molecule has 1 heterocycles. The molecule has 1 rings (SSSR count). The zero-order valence-electron chi connectivity index (χ0n) is 10.9. The Morgan fingerprint density at radius 1 is 1.33 bits per heavy atom. The van der Waals surface area contributed by atoms with Crippen LogP contribution in [-0.2, 0) is 0 Å². The predicted octanol–water partition coefficient (Wildman–Crippen LogP) is 2.82. The molecule has 3 nitrogen and oxygen atoms in total. The smallest absolute Gasteiger partial charge is 0.319 e. The highest BCUT2D eigenvalue weighted by Gasteiger charge is 2.25. The SMILES string of the molecule is CC.CCN(CC)C(=O)N1CCC(C)C1. The van der Waals surface area contributed by atoms with Gasteiger partial charge in [-0.05, 0) is 26.2 Å². The van der Waals surface area contributed by atoms with Crippen LogP contribution in [0.2, 0.25) is 0 Å². The average Bonchev–Trinajstić information content (AvgIpc) is 2.69. The summed E-state index contributed by atoms with van der Waals surface area (Å²) < 4.78 is 0. The molecule has 0 aliphatic carbocycles. The fourth-order valence-electron chi connectivity index (χ4n) is 1.80. The fraction of sp³-hybridized carbons (Fsp3) is 0.917. The number of carbonyl (C=O) groups excluding carboxylic acids is 1. The first-order valence-electron chi connectivity index (χ1n) is 6.22. The molecular weight excluding hydrogens is 188 g/mol. The molecule has 0 aromatic carbocycles. The second-order valence-electron chi connectivity index (χ2n) is 3.79. The number of amides is 2. The third-order valence-corrected chi connectivity index (χ3v) is 2.73. The molecule has 0 aromatic heterocycles. The van der Waals surface area contributed by atoms with Crippen molar-refractivity contribution in [2.75, 3.05) is 26.2 Å². The molecule has 1 atom stereocenters. The highest BCUT2D eigenvalue weighted by molar-refractivity contribution is 5.74. The summed E-state index contributed by atoms with van der Waals surface area (Å²) in [5.74, 6) is 0.680. The lowest BCUT2D eigenvalue weighted by Gasteiger charge is -2.25. The molecule has 15 heavy (non-hydrogen) atoms. The topological polar surface area (TPSA) is 23.6 Å². The maximum atomic E-state index is 11.8. The van der Waals surface area contributed by atoms with Gasteiger partial charge < -0.3 is 9.80 Å². The summed E-state index contributed by atoms with van der Waals surface area (Å²) in [6, 6.07) is 0.217. The summed E-state index contributed by atoms with van der Waals surface area (Å²) >= 11 is 0.